The predicted molar refractivity (Wildman–Crippen MR) is 33.2 cm³/mol. The molecule has 1 saturated heterocycles. The van der Waals surface area contributed by atoms with Gasteiger partial charge in [-0.15, -0.1) is 0 Å². The van der Waals surface area contributed by atoms with Crippen molar-refractivity contribution < 1.29 is 9.13 Å². The van der Waals surface area contributed by atoms with E-state index in [9.17, 15) is 4.39 Å². The molecule has 54 valence electrons. The molecule has 0 amide bonds. The summed E-state index contributed by atoms with van der Waals surface area (Å²) in [5, 5.41) is 2.91. The lowest BCUT2D eigenvalue weighted by atomic mass is 10.3. The molecule has 3 heteroatoms. The fourth-order valence-corrected chi connectivity index (χ4v) is 1.00. The molecule has 1 N–H and O–H groups in total. The molecule has 1 aliphatic heterocycles. The van der Waals surface area contributed by atoms with E-state index >= 15 is 0 Å². The van der Waals surface area contributed by atoms with Gasteiger partial charge in [-0.25, -0.2) is 4.39 Å². The first-order chi connectivity index (χ1) is 4.34. The molecule has 0 aromatic heterocycles. The van der Waals surface area contributed by atoms with Gasteiger partial charge in [-0.1, -0.05) is 0 Å². The summed E-state index contributed by atoms with van der Waals surface area (Å²) in [5.74, 6) is 0. The number of rotatable bonds is 2. The summed E-state index contributed by atoms with van der Waals surface area (Å²) in [6.07, 6.45) is -1.00. The van der Waals surface area contributed by atoms with Gasteiger partial charge in [0, 0.05) is 19.7 Å². The zero-order valence-electron chi connectivity index (χ0n) is 5.56. The summed E-state index contributed by atoms with van der Waals surface area (Å²) in [7, 11) is 0. The minimum Gasteiger partial charge on any atom is -0.374 e. The lowest BCUT2D eigenvalue weighted by Gasteiger charge is -2.09. The molecular formula is C6H12FNO. The van der Waals surface area contributed by atoms with E-state index in [0.717, 1.165) is 0 Å². The first-order valence-corrected chi connectivity index (χ1v) is 3.31. The monoisotopic (exact) mass is 133 g/mol. The summed E-state index contributed by atoms with van der Waals surface area (Å²) < 4.78 is 17.7. The van der Waals surface area contributed by atoms with E-state index in [1.165, 1.54) is 0 Å². The first kappa shape index (κ1) is 6.96. The van der Waals surface area contributed by atoms with Crippen LogP contribution >= 0.6 is 0 Å². The maximum absolute atomic E-state index is 12.6. The molecule has 0 saturated carbocycles. The third-order valence-electron chi connectivity index (χ3n) is 1.47. The van der Waals surface area contributed by atoms with Crippen molar-refractivity contribution in [2.24, 2.45) is 0 Å². The van der Waals surface area contributed by atoms with Crippen molar-refractivity contribution in [3.63, 3.8) is 0 Å². The summed E-state index contributed by atoms with van der Waals surface area (Å²) in [4.78, 5) is 0. The zero-order chi connectivity index (χ0) is 6.69. The lowest BCUT2D eigenvalue weighted by molar-refractivity contribution is 0.0328. The Morgan fingerprint density at radius 3 is 2.89 bits per heavy atom. The largest absolute Gasteiger partial charge is 0.374 e. The number of hydrogen-bond acceptors (Lipinski definition) is 2. The number of ether oxygens (including phenoxy) is 1. The van der Waals surface area contributed by atoms with Crippen LogP contribution in [0, 0.1) is 0 Å². The van der Waals surface area contributed by atoms with Crippen molar-refractivity contribution in [1.82, 2.24) is 5.32 Å². The lowest BCUT2D eigenvalue weighted by Crippen LogP contribution is -2.23. The van der Waals surface area contributed by atoms with Crippen molar-refractivity contribution >= 4 is 0 Å². The average molecular weight is 133 g/mol. The Kier molecular flexibility index (Phi) is 2.42. The molecular weight excluding hydrogens is 121 g/mol. The van der Waals surface area contributed by atoms with Gasteiger partial charge in [-0.3, -0.25) is 0 Å². The Hall–Kier alpha value is -0.150. The fourth-order valence-electron chi connectivity index (χ4n) is 1.00. The third kappa shape index (κ3) is 1.63. The van der Waals surface area contributed by atoms with E-state index in [1.54, 1.807) is 0 Å². The quantitative estimate of drug-likeness (QED) is 0.586. The SMILES string of the molecule is CCOC1CNCC1F. The Labute approximate surface area is 54.4 Å². The highest BCUT2D eigenvalue weighted by atomic mass is 19.1. The van der Waals surface area contributed by atoms with E-state index in [4.69, 9.17) is 4.74 Å². The number of nitrogens with one attached hydrogen (secondary N) is 1. The standard InChI is InChI=1S/C6H12FNO/c1-2-9-6-4-8-3-5(6)7/h5-6,8H,2-4H2,1H3. The second-order valence-corrected chi connectivity index (χ2v) is 2.17. The maximum atomic E-state index is 12.6. The minimum atomic E-state index is -0.801. The highest BCUT2D eigenvalue weighted by molar-refractivity contribution is 4.81. The molecule has 0 aliphatic carbocycles. The van der Waals surface area contributed by atoms with Crippen molar-refractivity contribution in [2.75, 3.05) is 19.7 Å². The van der Waals surface area contributed by atoms with Gasteiger partial charge in [0.2, 0.25) is 0 Å². The van der Waals surface area contributed by atoms with Gasteiger partial charge in [-0.05, 0) is 6.92 Å². The topological polar surface area (TPSA) is 21.3 Å². The molecule has 2 unspecified atom stereocenters. The van der Waals surface area contributed by atoms with Crippen LogP contribution in [-0.4, -0.2) is 32.0 Å². The molecule has 0 radical (unpaired) electrons. The normalized spacial score (nSPS) is 35.3. The van der Waals surface area contributed by atoms with Gasteiger partial charge in [0.05, 0.1) is 0 Å². The fraction of sp³-hybridized carbons (Fsp3) is 1.00. The van der Waals surface area contributed by atoms with Gasteiger partial charge in [0.25, 0.3) is 0 Å². The predicted octanol–water partition coefficient (Wildman–Crippen LogP) is 0.333. The van der Waals surface area contributed by atoms with Crippen LogP contribution in [0.2, 0.25) is 0 Å². The van der Waals surface area contributed by atoms with Crippen molar-refractivity contribution in [3.8, 4) is 0 Å². The Balaban J connectivity index is 2.22. The Morgan fingerprint density at radius 2 is 2.44 bits per heavy atom. The second-order valence-electron chi connectivity index (χ2n) is 2.17. The van der Waals surface area contributed by atoms with Crippen molar-refractivity contribution in [2.45, 2.75) is 19.2 Å². The van der Waals surface area contributed by atoms with Crippen LogP contribution < -0.4 is 5.32 Å². The molecule has 1 heterocycles. The number of hydrogen-bond donors (Lipinski definition) is 1. The van der Waals surface area contributed by atoms with Crippen LogP contribution in [0.4, 0.5) is 4.39 Å². The summed E-state index contributed by atoms with van der Waals surface area (Å²) in [6, 6.07) is 0. The van der Waals surface area contributed by atoms with E-state index in [2.05, 4.69) is 5.32 Å². The van der Waals surface area contributed by atoms with Crippen LogP contribution in [-0.2, 0) is 4.74 Å². The van der Waals surface area contributed by atoms with E-state index in [1.807, 2.05) is 6.92 Å². The highest BCUT2D eigenvalue weighted by Gasteiger charge is 2.26. The molecule has 1 aliphatic rings. The smallest absolute Gasteiger partial charge is 0.140 e. The Bertz CT molecular complexity index is 89.1. The van der Waals surface area contributed by atoms with Gasteiger partial charge >= 0.3 is 0 Å². The molecule has 0 aromatic rings. The first-order valence-electron chi connectivity index (χ1n) is 3.31. The molecule has 9 heavy (non-hydrogen) atoms. The summed E-state index contributed by atoms with van der Waals surface area (Å²) >= 11 is 0. The molecule has 0 spiro atoms. The zero-order valence-corrected chi connectivity index (χ0v) is 5.56. The van der Waals surface area contributed by atoms with Crippen molar-refractivity contribution in [1.29, 1.82) is 0 Å². The van der Waals surface area contributed by atoms with Gasteiger partial charge in [0.15, 0.2) is 0 Å². The van der Waals surface area contributed by atoms with Gasteiger partial charge in [0.1, 0.15) is 12.3 Å². The number of alkyl halides is 1. The maximum Gasteiger partial charge on any atom is 0.140 e. The highest BCUT2D eigenvalue weighted by Crippen LogP contribution is 2.07. The average Bonchev–Trinajstić information content (AvgIpc) is 2.18. The summed E-state index contributed by atoms with van der Waals surface area (Å²) in [6.45, 7) is 3.59. The molecule has 2 nitrogen and oxygen atoms in total. The van der Waals surface area contributed by atoms with Gasteiger partial charge < -0.3 is 10.1 Å². The van der Waals surface area contributed by atoms with E-state index in [0.29, 0.717) is 19.7 Å². The second kappa shape index (κ2) is 3.13. The number of halogens is 1. The molecule has 1 rings (SSSR count). The van der Waals surface area contributed by atoms with E-state index < -0.39 is 6.17 Å². The van der Waals surface area contributed by atoms with E-state index in [-0.39, 0.29) is 6.10 Å². The Morgan fingerprint density at radius 1 is 1.67 bits per heavy atom. The van der Waals surface area contributed by atoms with Crippen LogP contribution in [0.15, 0.2) is 0 Å². The van der Waals surface area contributed by atoms with Crippen LogP contribution in [0.1, 0.15) is 6.92 Å². The third-order valence-corrected chi connectivity index (χ3v) is 1.47. The molecule has 1 fully saturated rings. The van der Waals surface area contributed by atoms with Gasteiger partial charge in [-0.2, -0.15) is 0 Å². The van der Waals surface area contributed by atoms with Crippen LogP contribution in [0.3, 0.4) is 0 Å². The molecule has 0 bridgehead atoms. The van der Waals surface area contributed by atoms with Crippen LogP contribution in [0.5, 0.6) is 0 Å². The van der Waals surface area contributed by atoms with Crippen LogP contribution in [0.25, 0.3) is 0 Å². The summed E-state index contributed by atoms with van der Waals surface area (Å²) in [5.41, 5.74) is 0. The molecule has 2 atom stereocenters. The molecule has 0 aromatic carbocycles. The minimum absolute atomic E-state index is 0.199. The van der Waals surface area contributed by atoms with Crippen molar-refractivity contribution in [3.05, 3.63) is 0 Å².